The van der Waals surface area contributed by atoms with E-state index in [2.05, 4.69) is 4.98 Å². The van der Waals surface area contributed by atoms with E-state index in [1.807, 2.05) is 40.7 Å². The number of nitrogens with two attached hydrogens (primary N) is 1. The summed E-state index contributed by atoms with van der Waals surface area (Å²) < 4.78 is 5.36. The Balaban J connectivity index is 0.00000151. The highest BCUT2D eigenvalue weighted by Gasteiger charge is 2.25. The van der Waals surface area contributed by atoms with Crippen LogP contribution in [0.2, 0.25) is 0 Å². The Bertz CT molecular complexity index is 665. The molecule has 0 spiro atoms. The zero-order chi connectivity index (χ0) is 19.2. The Kier molecular flexibility index (Phi) is 6.90. The second kappa shape index (κ2) is 8.46. The van der Waals surface area contributed by atoms with Crippen LogP contribution in [-0.2, 0) is 4.74 Å². The van der Waals surface area contributed by atoms with Gasteiger partial charge in [0.25, 0.3) is 0 Å². The molecule has 1 aliphatic rings. The number of nitro groups is 1. The lowest BCUT2D eigenvalue weighted by Gasteiger charge is -2.30. The van der Waals surface area contributed by atoms with Crippen molar-refractivity contribution in [3.63, 3.8) is 0 Å². The number of aromatic nitrogens is 1. The lowest BCUT2D eigenvalue weighted by atomic mass is 10.1. The summed E-state index contributed by atoms with van der Waals surface area (Å²) in [5, 5.41) is 10.8. The SMILES string of the molecule is CC.CC(C)(C)OC(=O)N1CCC=C(c2ccc([N+](=O)[O-])c(N)n2)C1. The summed E-state index contributed by atoms with van der Waals surface area (Å²) in [5.41, 5.74) is 6.16. The van der Waals surface area contributed by atoms with Crippen LogP contribution in [0.5, 0.6) is 0 Å². The third-order valence-corrected chi connectivity index (χ3v) is 3.23. The van der Waals surface area contributed by atoms with E-state index in [0.717, 1.165) is 5.57 Å². The molecule has 138 valence electrons. The van der Waals surface area contributed by atoms with Gasteiger partial charge < -0.3 is 15.4 Å². The summed E-state index contributed by atoms with van der Waals surface area (Å²) >= 11 is 0. The predicted octanol–water partition coefficient (Wildman–Crippen LogP) is 3.62. The summed E-state index contributed by atoms with van der Waals surface area (Å²) in [5.74, 6) is -0.136. The van der Waals surface area contributed by atoms with Gasteiger partial charge in [0, 0.05) is 12.6 Å². The number of carbonyl (C=O) groups excluding carboxylic acids is 1. The Hall–Kier alpha value is -2.64. The third kappa shape index (κ3) is 5.74. The van der Waals surface area contributed by atoms with Crippen LogP contribution in [0.25, 0.3) is 5.57 Å². The van der Waals surface area contributed by atoms with Gasteiger partial charge in [0.15, 0.2) is 0 Å². The molecule has 8 nitrogen and oxygen atoms in total. The monoisotopic (exact) mass is 350 g/mol. The molecule has 0 aliphatic carbocycles. The van der Waals surface area contributed by atoms with Crippen LogP contribution in [-0.4, -0.2) is 39.6 Å². The molecule has 0 unspecified atom stereocenters. The van der Waals surface area contributed by atoms with Crippen molar-refractivity contribution in [2.75, 3.05) is 18.8 Å². The topological polar surface area (TPSA) is 112 Å². The van der Waals surface area contributed by atoms with Gasteiger partial charge in [-0.3, -0.25) is 10.1 Å². The minimum Gasteiger partial charge on any atom is -0.444 e. The quantitative estimate of drug-likeness (QED) is 0.644. The van der Waals surface area contributed by atoms with Crippen LogP contribution in [0.15, 0.2) is 18.2 Å². The molecule has 0 saturated heterocycles. The zero-order valence-corrected chi connectivity index (χ0v) is 15.4. The first-order chi connectivity index (χ1) is 11.7. The van der Waals surface area contributed by atoms with Crippen LogP contribution in [0.4, 0.5) is 16.3 Å². The van der Waals surface area contributed by atoms with Crippen molar-refractivity contribution in [2.45, 2.75) is 46.6 Å². The molecule has 0 bridgehead atoms. The fraction of sp³-hybridized carbons (Fsp3) is 0.529. The minimum absolute atomic E-state index is 0.136. The van der Waals surface area contributed by atoms with E-state index in [1.165, 1.54) is 6.07 Å². The Morgan fingerprint density at radius 1 is 1.36 bits per heavy atom. The second-order valence-electron chi connectivity index (χ2n) is 6.28. The van der Waals surface area contributed by atoms with Gasteiger partial charge in [0.2, 0.25) is 5.82 Å². The van der Waals surface area contributed by atoms with E-state index in [0.29, 0.717) is 25.2 Å². The number of anilines is 1. The summed E-state index contributed by atoms with van der Waals surface area (Å²) in [7, 11) is 0. The summed E-state index contributed by atoms with van der Waals surface area (Å²) in [6, 6.07) is 2.86. The molecule has 1 aliphatic heterocycles. The zero-order valence-electron chi connectivity index (χ0n) is 15.4. The molecule has 0 radical (unpaired) electrons. The molecule has 0 saturated carbocycles. The van der Waals surface area contributed by atoms with E-state index in [1.54, 1.807) is 11.0 Å². The van der Waals surface area contributed by atoms with Crippen molar-refractivity contribution in [1.29, 1.82) is 0 Å². The lowest BCUT2D eigenvalue weighted by Crippen LogP contribution is -2.39. The van der Waals surface area contributed by atoms with Crippen molar-refractivity contribution in [2.24, 2.45) is 0 Å². The normalized spacial score (nSPS) is 14.1. The van der Waals surface area contributed by atoms with Crippen LogP contribution < -0.4 is 5.73 Å². The summed E-state index contributed by atoms with van der Waals surface area (Å²) in [6.45, 7) is 10.3. The highest BCUT2D eigenvalue weighted by atomic mass is 16.6. The van der Waals surface area contributed by atoms with Gasteiger partial charge in [-0.15, -0.1) is 0 Å². The van der Waals surface area contributed by atoms with Gasteiger partial charge in [-0.2, -0.15) is 0 Å². The molecule has 8 heteroatoms. The van der Waals surface area contributed by atoms with Crippen molar-refractivity contribution in [1.82, 2.24) is 9.88 Å². The molecule has 0 atom stereocenters. The highest BCUT2D eigenvalue weighted by molar-refractivity contribution is 5.75. The van der Waals surface area contributed by atoms with Gasteiger partial charge in [-0.1, -0.05) is 19.9 Å². The lowest BCUT2D eigenvalue weighted by molar-refractivity contribution is -0.384. The summed E-state index contributed by atoms with van der Waals surface area (Å²) in [6.07, 6.45) is 2.22. The van der Waals surface area contributed by atoms with Crippen molar-refractivity contribution in [3.05, 3.63) is 34.0 Å². The smallest absolute Gasteiger partial charge is 0.410 e. The number of hydrogen-bond acceptors (Lipinski definition) is 6. The van der Waals surface area contributed by atoms with E-state index >= 15 is 0 Å². The standard InChI is InChI=1S/C15H20N4O4.C2H6/c1-15(2,3)23-14(20)18-8-4-5-10(9-18)11-6-7-12(19(21)22)13(16)17-11;1-2/h5-7H,4,8-9H2,1-3H3,(H2,16,17);1-2H3. The molecule has 1 amide bonds. The molecule has 25 heavy (non-hydrogen) atoms. The largest absolute Gasteiger partial charge is 0.444 e. The molecule has 2 N–H and O–H groups in total. The Labute approximate surface area is 147 Å². The number of nitrogen functional groups attached to an aromatic ring is 1. The van der Waals surface area contributed by atoms with Gasteiger partial charge in [0.05, 0.1) is 17.2 Å². The Morgan fingerprint density at radius 2 is 2.00 bits per heavy atom. The van der Waals surface area contributed by atoms with Gasteiger partial charge in [0.1, 0.15) is 5.60 Å². The molecule has 0 fully saturated rings. The molecule has 2 heterocycles. The maximum atomic E-state index is 12.1. The fourth-order valence-corrected chi connectivity index (χ4v) is 2.21. The first kappa shape index (κ1) is 20.4. The van der Waals surface area contributed by atoms with E-state index < -0.39 is 16.6 Å². The minimum atomic E-state index is -0.575. The molecular weight excluding hydrogens is 324 g/mol. The number of carbonyl (C=O) groups is 1. The van der Waals surface area contributed by atoms with Crippen molar-refractivity contribution in [3.8, 4) is 0 Å². The van der Waals surface area contributed by atoms with Crippen LogP contribution in [0.1, 0.15) is 46.7 Å². The summed E-state index contributed by atoms with van der Waals surface area (Å²) in [4.78, 5) is 28.0. The van der Waals surface area contributed by atoms with E-state index in [-0.39, 0.29) is 11.5 Å². The van der Waals surface area contributed by atoms with Crippen LogP contribution in [0, 0.1) is 10.1 Å². The number of amides is 1. The number of rotatable bonds is 2. The highest BCUT2D eigenvalue weighted by Crippen LogP contribution is 2.25. The first-order valence-electron chi connectivity index (χ1n) is 8.25. The van der Waals surface area contributed by atoms with Crippen LogP contribution >= 0.6 is 0 Å². The Morgan fingerprint density at radius 3 is 2.52 bits per heavy atom. The molecular formula is C17H26N4O4. The molecule has 1 aromatic rings. The van der Waals surface area contributed by atoms with E-state index in [4.69, 9.17) is 10.5 Å². The van der Waals surface area contributed by atoms with Crippen molar-refractivity contribution >= 4 is 23.2 Å². The number of ether oxygens (including phenoxy) is 1. The third-order valence-electron chi connectivity index (χ3n) is 3.23. The number of pyridine rings is 1. The maximum Gasteiger partial charge on any atom is 0.410 e. The second-order valence-corrected chi connectivity index (χ2v) is 6.28. The number of hydrogen-bond donors (Lipinski definition) is 1. The van der Waals surface area contributed by atoms with Gasteiger partial charge in [-0.25, -0.2) is 9.78 Å². The molecule has 1 aromatic heterocycles. The number of nitrogens with zero attached hydrogens (tertiary/aromatic N) is 3. The predicted molar refractivity (Wildman–Crippen MR) is 97.1 cm³/mol. The van der Waals surface area contributed by atoms with Crippen molar-refractivity contribution < 1.29 is 14.5 Å². The molecule has 2 rings (SSSR count). The average molecular weight is 350 g/mol. The van der Waals surface area contributed by atoms with Crippen LogP contribution in [0.3, 0.4) is 0 Å². The van der Waals surface area contributed by atoms with E-state index in [9.17, 15) is 14.9 Å². The molecule has 0 aromatic carbocycles. The van der Waals surface area contributed by atoms with Gasteiger partial charge >= 0.3 is 11.8 Å². The van der Waals surface area contributed by atoms with Gasteiger partial charge in [-0.05, 0) is 38.8 Å². The first-order valence-corrected chi connectivity index (χ1v) is 8.25. The maximum absolute atomic E-state index is 12.1. The fourth-order valence-electron chi connectivity index (χ4n) is 2.21. The average Bonchev–Trinajstić information content (AvgIpc) is 2.55.